The van der Waals surface area contributed by atoms with Crippen molar-refractivity contribution in [3.05, 3.63) is 47.2 Å². The second-order valence-corrected chi connectivity index (χ2v) is 4.40. The predicted molar refractivity (Wildman–Crippen MR) is 74.9 cm³/mol. The molecule has 0 amide bonds. The number of pyridine rings is 1. The third-order valence-corrected chi connectivity index (χ3v) is 2.85. The fourth-order valence-corrected chi connectivity index (χ4v) is 2.09. The number of benzene rings is 1. The van der Waals surface area contributed by atoms with E-state index in [1.165, 1.54) is 0 Å². The highest BCUT2D eigenvalue weighted by atomic mass is 35.5. The smallest absolute Gasteiger partial charge is 0.232 e. The lowest BCUT2D eigenvalue weighted by Gasteiger charge is -2.08. The highest BCUT2D eigenvalue weighted by Crippen LogP contribution is 2.24. The summed E-state index contributed by atoms with van der Waals surface area (Å²) in [6, 6.07) is 7.74. The summed E-state index contributed by atoms with van der Waals surface area (Å²) in [5.74, 6) is 0.293. The van der Waals surface area contributed by atoms with E-state index in [1.54, 1.807) is 12.4 Å². The minimum atomic E-state index is 0.0425. The lowest BCUT2D eigenvalue weighted by molar-refractivity contribution is 1.05. The normalized spacial score (nSPS) is 10.6. The van der Waals surface area contributed by atoms with Gasteiger partial charge in [0.15, 0.2) is 0 Å². The molecule has 7 heteroatoms. The largest absolute Gasteiger partial charge is 0.323 e. The molecule has 3 aromatic rings. The fourth-order valence-electron chi connectivity index (χ4n) is 1.72. The van der Waals surface area contributed by atoms with E-state index >= 15 is 0 Å². The Balaban J connectivity index is 2.05. The van der Waals surface area contributed by atoms with E-state index in [-0.39, 0.29) is 10.6 Å². The molecule has 0 spiro atoms. The van der Waals surface area contributed by atoms with Crippen molar-refractivity contribution in [2.24, 2.45) is 0 Å². The Morgan fingerprint density at radius 2 is 1.74 bits per heavy atom. The molecule has 0 atom stereocenters. The van der Waals surface area contributed by atoms with Gasteiger partial charge < -0.3 is 5.32 Å². The van der Waals surface area contributed by atoms with Gasteiger partial charge in [0.05, 0.1) is 5.69 Å². The molecule has 3 rings (SSSR count). The summed E-state index contributed by atoms with van der Waals surface area (Å²) in [7, 11) is 0. The van der Waals surface area contributed by atoms with Crippen molar-refractivity contribution < 1.29 is 0 Å². The number of fused-ring (bicyclic) bond motifs is 1. The molecular weight excluding hydrogens is 285 g/mol. The molecule has 0 saturated heterocycles. The predicted octanol–water partition coefficient (Wildman–Crippen LogP) is 3.47. The van der Waals surface area contributed by atoms with E-state index in [9.17, 15) is 0 Å². The molecule has 2 heterocycles. The molecule has 5 nitrogen and oxygen atoms in total. The summed E-state index contributed by atoms with van der Waals surface area (Å²) in [4.78, 5) is 15.7. The summed E-state index contributed by atoms with van der Waals surface area (Å²) in [6.07, 6.45) is 3.50. The molecule has 0 bridgehead atoms. The van der Waals surface area contributed by atoms with Gasteiger partial charge in [0.1, 0.15) is 0 Å². The minimum absolute atomic E-state index is 0.0425. The van der Waals surface area contributed by atoms with Crippen molar-refractivity contribution in [3.8, 4) is 0 Å². The molecular formula is C12H7Cl2N5. The van der Waals surface area contributed by atoms with Gasteiger partial charge in [-0.05, 0) is 40.7 Å². The lowest BCUT2D eigenvalue weighted by atomic mass is 10.1. The van der Waals surface area contributed by atoms with Gasteiger partial charge in [-0.3, -0.25) is 4.98 Å². The van der Waals surface area contributed by atoms with E-state index in [2.05, 4.69) is 25.3 Å². The van der Waals surface area contributed by atoms with Crippen LogP contribution in [0.25, 0.3) is 10.8 Å². The average molecular weight is 292 g/mol. The molecule has 19 heavy (non-hydrogen) atoms. The van der Waals surface area contributed by atoms with E-state index in [1.807, 2.05) is 24.3 Å². The highest BCUT2D eigenvalue weighted by Gasteiger charge is 2.06. The van der Waals surface area contributed by atoms with Crippen LogP contribution in [0.1, 0.15) is 0 Å². The zero-order chi connectivity index (χ0) is 13.2. The number of anilines is 2. The highest BCUT2D eigenvalue weighted by molar-refractivity contribution is 6.31. The summed E-state index contributed by atoms with van der Waals surface area (Å²) < 4.78 is 0. The summed E-state index contributed by atoms with van der Waals surface area (Å²) >= 11 is 11.5. The average Bonchev–Trinajstić information content (AvgIpc) is 2.38. The first kappa shape index (κ1) is 12.1. The Kier molecular flexibility index (Phi) is 3.15. The van der Waals surface area contributed by atoms with Crippen LogP contribution >= 0.6 is 23.2 Å². The number of nitrogens with zero attached hydrogens (tertiary/aromatic N) is 4. The molecule has 1 aromatic carbocycles. The number of hydrogen-bond donors (Lipinski definition) is 1. The van der Waals surface area contributed by atoms with Gasteiger partial charge in [-0.2, -0.15) is 15.0 Å². The molecule has 0 unspecified atom stereocenters. The van der Waals surface area contributed by atoms with Gasteiger partial charge in [-0.25, -0.2) is 0 Å². The Hall–Kier alpha value is -1.98. The van der Waals surface area contributed by atoms with Crippen molar-refractivity contribution in [1.29, 1.82) is 0 Å². The molecule has 0 aliphatic heterocycles. The van der Waals surface area contributed by atoms with Crippen LogP contribution in [0.4, 0.5) is 11.6 Å². The van der Waals surface area contributed by atoms with Crippen LogP contribution in [0, 0.1) is 0 Å². The number of aromatic nitrogens is 4. The Morgan fingerprint density at radius 3 is 2.53 bits per heavy atom. The zero-order valence-corrected chi connectivity index (χ0v) is 11.0. The van der Waals surface area contributed by atoms with Crippen molar-refractivity contribution in [2.75, 3.05) is 5.32 Å². The zero-order valence-electron chi connectivity index (χ0n) is 9.51. The molecule has 0 aliphatic carbocycles. The molecule has 0 saturated carbocycles. The monoisotopic (exact) mass is 291 g/mol. The van der Waals surface area contributed by atoms with Crippen LogP contribution < -0.4 is 5.32 Å². The van der Waals surface area contributed by atoms with Crippen LogP contribution in [0.2, 0.25) is 10.6 Å². The first-order valence-electron chi connectivity index (χ1n) is 5.39. The second-order valence-electron chi connectivity index (χ2n) is 3.72. The van der Waals surface area contributed by atoms with Gasteiger partial charge in [-0.15, -0.1) is 0 Å². The maximum Gasteiger partial charge on any atom is 0.232 e. The maximum absolute atomic E-state index is 5.74. The molecule has 0 fully saturated rings. The van der Waals surface area contributed by atoms with Gasteiger partial charge >= 0.3 is 0 Å². The standard InChI is InChI=1S/C12H7Cl2N5/c13-10-17-11(14)19-12(18-10)16-9-3-1-2-7-4-5-15-6-8(7)9/h1-6H,(H,16,17,18,19). The SMILES string of the molecule is Clc1nc(Cl)nc(Nc2cccc3ccncc23)n1. The van der Waals surface area contributed by atoms with E-state index in [0.29, 0.717) is 5.95 Å². The quantitative estimate of drug-likeness (QED) is 0.783. The molecule has 0 radical (unpaired) electrons. The fraction of sp³-hybridized carbons (Fsp3) is 0. The van der Waals surface area contributed by atoms with Gasteiger partial charge in [0, 0.05) is 17.8 Å². The Bertz CT molecular complexity index is 722. The molecule has 2 aromatic heterocycles. The topological polar surface area (TPSA) is 63.6 Å². The van der Waals surface area contributed by atoms with Crippen molar-refractivity contribution in [1.82, 2.24) is 19.9 Å². The Labute approximate surface area is 118 Å². The summed E-state index contributed by atoms with van der Waals surface area (Å²) in [6.45, 7) is 0. The first-order chi connectivity index (χ1) is 9.22. The number of rotatable bonds is 2. The van der Waals surface area contributed by atoms with Gasteiger partial charge in [0.2, 0.25) is 16.5 Å². The van der Waals surface area contributed by atoms with Crippen molar-refractivity contribution in [3.63, 3.8) is 0 Å². The lowest BCUT2D eigenvalue weighted by Crippen LogP contribution is -2.00. The van der Waals surface area contributed by atoms with Crippen LogP contribution in [0.15, 0.2) is 36.7 Å². The first-order valence-corrected chi connectivity index (χ1v) is 6.15. The molecule has 0 aliphatic rings. The third kappa shape index (κ3) is 2.57. The van der Waals surface area contributed by atoms with Gasteiger partial charge in [0.25, 0.3) is 0 Å². The maximum atomic E-state index is 5.74. The minimum Gasteiger partial charge on any atom is -0.323 e. The van der Waals surface area contributed by atoms with Gasteiger partial charge in [-0.1, -0.05) is 12.1 Å². The van der Waals surface area contributed by atoms with E-state index in [4.69, 9.17) is 23.2 Å². The number of halogens is 2. The summed E-state index contributed by atoms with van der Waals surface area (Å²) in [5.41, 5.74) is 0.823. The van der Waals surface area contributed by atoms with E-state index in [0.717, 1.165) is 16.5 Å². The van der Waals surface area contributed by atoms with Crippen molar-refractivity contribution >= 4 is 45.6 Å². The molecule has 94 valence electrons. The summed E-state index contributed by atoms with van der Waals surface area (Å²) in [5, 5.41) is 5.16. The van der Waals surface area contributed by atoms with Crippen LogP contribution in [-0.2, 0) is 0 Å². The number of nitrogens with one attached hydrogen (secondary N) is 1. The van der Waals surface area contributed by atoms with Crippen molar-refractivity contribution in [2.45, 2.75) is 0 Å². The van der Waals surface area contributed by atoms with Crippen LogP contribution in [-0.4, -0.2) is 19.9 Å². The second kappa shape index (κ2) is 4.95. The van der Waals surface area contributed by atoms with E-state index < -0.39 is 0 Å². The Morgan fingerprint density at radius 1 is 0.947 bits per heavy atom. The third-order valence-electron chi connectivity index (χ3n) is 2.51. The number of hydrogen-bond acceptors (Lipinski definition) is 5. The van der Waals surface area contributed by atoms with Crippen LogP contribution in [0.5, 0.6) is 0 Å². The molecule has 1 N–H and O–H groups in total. The van der Waals surface area contributed by atoms with Crippen LogP contribution in [0.3, 0.4) is 0 Å².